The first-order valence-corrected chi connectivity index (χ1v) is 7.92. The Labute approximate surface area is 138 Å². The molecule has 3 N–H and O–H groups in total. The SMILES string of the molecule is CCCn1c(N)c(C(=O)COC(=O)C[C@@H]2C=CCC2)c(=O)[nH]c1=O. The average Bonchev–Trinajstić information content (AvgIpc) is 3.02. The fraction of sp³-hybridized carbons (Fsp3) is 0.500. The lowest BCUT2D eigenvalue weighted by Crippen LogP contribution is -2.37. The van der Waals surface area contributed by atoms with Crippen LogP contribution in [0.2, 0.25) is 0 Å². The van der Waals surface area contributed by atoms with E-state index in [2.05, 4.69) is 4.98 Å². The Kier molecular flexibility index (Phi) is 5.73. The Hall–Kier alpha value is -2.64. The molecule has 0 aliphatic heterocycles. The average molecular weight is 335 g/mol. The number of ether oxygens (including phenoxy) is 1. The quantitative estimate of drug-likeness (QED) is 0.427. The predicted octanol–water partition coefficient (Wildman–Crippen LogP) is 0.611. The number of rotatable bonds is 7. The van der Waals surface area contributed by atoms with E-state index in [1.807, 2.05) is 19.1 Å². The van der Waals surface area contributed by atoms with Crippen molar-refractivity contribution in [2.75, 3.05) is 12.3 Å². The number of nitrogens with one attached hydrogen (secondary N) is 1. The van der Waals surface area contributed by atoms with Crippen LogP contribution < -0.4 is 17.0 Å². The maximum Gasteiger partial charge on any atom is 0.329 e. The Balaban J connectivity index is 2.07. The van der Waals surface area contributed by atoms with Gasteiger partial charge in [-0.05, 0) is 25.2 Å². The molecule has 1 atom stereocenters. The van der Waals surface area contributed by atoms with Gasteiger partial charge in [0, 0.05) is 6.54 Å². The number of esters is 1. The van der Waals surface area contributed by atoms with Crippen LogP contribution in [-0.4, -0.2) is 27.9 Å². The number of Topliss-reactive ketones (excluding diaryl/α,β-unsaturated/α-hetero) is 1. The molecule has 0 amide bonds. The van der Waals surface area contributed by atoms with Crippen molar-refractivity contribution in [3.63, 3.8) is 0 Å². The summed E-state index contributed by atoms with van der Waals surface area (Å²) in [7, 11) is 0. The lowest BCUT2D eigenvalue weighted by Gasteiger charge is -2.11. The van der Waals surface area contributed by atoms with Gasteiger partial charge < -0.3 is 10.5 Å². The predicted molar refractivity (Wildman–Crippen MR) is 87.8 cm³/mol. The first kappa shape index (κ1) is 17.7. The maximum atomic E-state index is 12.2. The van der Waals surface area contributed by atoms with E-state index in [1.165, 1.54) is 0 Å². The zero-order chi connectivity index (χ0) is 17.7. The van der Waals surface area contributed by atoms with Gasteiger partial charge in [-0.3, -0.25) is 23.9 Å². The minimum absolute atomic E-state index is 0.132. The zero-order valence-electron chi connectivity index (χ0n) is 13.5. The monoisotopic (exact) mass is 335 g/mol. The number of ketones is 1. The Morgan fingerprint density at radius 3 is 2.79 bits per heavy atom. The summed E-state index contributed by atoms with van der Waals surface area (Å²) in [5.74, 6) is -1.30. The van der Waals surface area contributed by atoms with E-state index >= 15 is 0 Å². The number of aromatic nitrogens is 2. The molecule has 24 heavy (non-hydrogen) atoms. The molecule has 1 aromatic heterocycles. The molecular weight excluding hydrogens is 314 g/mol. The second kappa shape index (κ2) is 7.76. The number of nitrogen functional groups attached to an aromatic ring is 1. The van der Waals surface area contributed by atoms with Gasteiger partial charge in [-0.1, -0.05) is 19.1 Å². The molecule has 0 radical (unpaired) electrons. The number of hydrogen-bond donors (Lipinski definition) is 2. The number of allylic oxidation sites excluding steroid dienone is 2. The van der Waals surface area contributed by atoms with Crippen molar-refractivity contribution in [3.05, 3.63) is 38.6 Å². The van der Waals surface area contributed by atoms with E-state index < -0.39 is 29.6 Å². The Bertz CT molecular complexity index is 775. The first-order valence-electron chi connectivity index (χ1n) is 7.92. The lowest BCUT2D eigenvalue weighted by molar-refractivity contribution is -0.143. The number of carbonyl (C=O) groups is 2. The number of aromatic amines is 1. The van der Waals surface area contributed by atoms with Crippen LogP contribution in [0, 0.1) is 5.92 Å². The molecule has 8 nitrogen and oxygen atoms in total. The first-order chi connectivity index (χ1) is 11.4. The highest BCUT2D eigenvalue weighted by molar-refractivity contribution is 6.01. The fourth-order valence-corrected chi connectivity index (χ4v) is 2.66. The molecule has 0 unspecified atom stereocenters. The van der Waals surface area contributed by atoms with Crippen LogP contribution in [0.5, 0.6) is 0 Å². The van der Waals surface area contributed by atoms with E-state index in [-0.39, 0.29) is 30.3 Å². The van der Waals surface area contributed by atoms with Gasteiger partial charge in [0.15, 0.2) is 6.61 Å². The van der Waals surface area contributed by atoms with Crippen LogP contribution in [0.25, 0.3) is 0 Å². The van der Waals surface area contributed by atoms with Gasteiger partial charge in [-0.2, -0.15) is 0 Å². The Morgan fingerprint density at radius 1 is 1.42 bits per heavy atom. The number of nitrogens with two attached hydrogens (primary N) is 1. The summed E-state index contributed by atoms with van der Waals surface area (Å²) < 4.78 is 6.07. The van der Waals surface area contributed by atoms with Crippen LogP contribution in [0.4, 0.5) is 5.82 Å². The second-order valence-corrected chi connectivity index (χ2v) is 5.72. The van der Waals surface area contributed by atoms with Gasteiger partial charge in [0.25, 0.3) is 5.56 Å². The highest BCUT2D eigenvalue weighted by Gasteiger charge is 2.21. The van der Waals surface area contributed by atoms with Gasteiger partial charge in [-0.15, -0.1) is 0 Å². The van der Waals surface area contributed by atoms with Crippen molar-refractivity contribution < 1.29 is 14.3 Å². The summed E-state index contributed by atoms with van der Waals surface area (Å²) in [6, 6.07) is 0. The molecule has 1 aliphatic carbocycles. The summed E-state index contributed by atoms with van der Waals surface area (Å²) in [5, 5.41) is 0. The van der Waals surface area contributed by atoms with Crippen LogP contribution in [0.15, 0.2) is 21.7 Å². The molecule has 0 fully saturated rings. The molecule has 0 saturated heterocycles. The summed E-state index contributed by atoms with van der Waals surface area (Å²) in [5.41, 5.74) is 3.90. The van der Waals surface area contributed by atoms with Gasteiger partial charge in [0.05, 0.1) is 6.42 Å². The van der Waals surface area contributed by atoms with E-state index in [0.717, 1.165) is 17.4 Å². The highest BCUT2D eigenvalue weighted by Crippen LogP contribution is 2.20. The van der Waals surface area contributed by atoms with E-state index in [1.54, 1.807) is 0 Å². The molecular formula is C16H21N3O5. The van der Waals surface area contributed by atoms with Crippen molar-refractivity contribution in [3.8, 4) is 0 Å². The third-order valence-corrected chi connectivity index (χ3v) is 3.87. The fourth-order valence-electron chi connectivity index (χ4n) is 2.66. The molecule has 2 rings (SSSR count). The zero-order valence-corrected chi connectivity index (χ0v) is 13.5. The maximum absolute atomic E-state index is 12.2. The summed E-state index contributed by atoms with van der Waals surface area (Å²) in [6.45, 7) is 1.53. The van der Waals surface area contributed by atoms with Crippen molar-refractivity contribution in [2.45, 2.75) is 39.2 Å². The van der Waals surface area contributed by atoms with Crippen LogP contribution in [0.1, 0.15) is 43.0 Å². The molecule has 0 spiro atoms. The third-order valence-electron chi connectivity index (χ3n) is 3.87. The molecule has 0 saturated carbocycles. The minimum atomic E-state index is -0.871. The largest absolute Gasteiger partial charge is 0.457 e. The number of H-pyrrole nitrogens is 1. The van der Waals surface area contributed by atoms with E-state index in [0.29, 0.717) is 6.42 Å². The summed E-state index contributed by atoms with van der Waals surface area (Å²) in [4.78, 5) is 49.6. The molecule has 1 heterocycles. The van der Waals surface area contributed by atoms with Gasteiger partial charge in [0.1, 0.15) is 11.4 Å². The summed E-state index contributed by atoms with van der Waals surface area (Å²) >= 11 is 0. The molecule has 130 valence electrons. The Morgan fingerprint density at radius 2 is 2.17 bits per heavy atom. The lowest BCUT2D eigenvalue weighted by atomic mass is 10.1. The molecule has 1 aliphatic rings. The van der Waals surface area contributed by atoms with E-state index in [9.17, 15) is 19.2 Å². The number of hydrogen-bond acceptors (Lipinski definition) is 6. The highest BCUT2D eigenvalue weighted by atomic mass is 16.5. The number of anilines is 1. The van der Waals surface area contributed by atoms with Crippen molar-refractivity contribution in [2.24, 2.45) is 5.92 Å². The van der Waals surface area contributed by atoms with Crippen LogP contribution in [0.3, 0.4) is 0 Å². The number of carbonyl (C=O) groups excluding carboxylic acids is 2. The van der Waals surface area contributed by atoms with Gasteiger partial charge in [-0.25, -0.2) is 4.79 Å². The normalized spacial score (nSPS) is 16.3. The minimum Gasteiger partial charge on any atom is -0.457 e. The van der Waals surface area contributed by atoms with Crippen molar-refractivity contribution in [1.29, 1.82) is 0 Å². The smallest absolute Gasteiger partial charge is 0.329 e. The van der Waals surface area contributed by atoms with Gasteiger partial charge in [0.2, 0.25) is 5.78 Å². The van der Waals surface area contributed by atoms with E-state index in [4.69, 9.17) is 10.5 Å². The van der Waals surface area contributed by atoms with Crippen LogP contribution in [-0.2, 0) is 16.1 Å². The second-order valence-electron chi connectivity index (χ2n) is 5.72. The third kappa shape index (κ3) is 4.01. The van der Waals surface area contributed by atoms with Crippen molar-refractivity contribution >= 4 is 17.6 Å². The van der Waals surface area contributed by atoms with Crippen LogP contribution >= 0.6 is 0 Å². The summed E-state index contributed by atoms with van der Waals surface area (Å²) in [6.07, 6.45) is 6.57. The topological polar surface area (TPSA) is 124 Å². The van der Waals surface area contributed by atoms with Gasteiger partial charge >= 0.3 is 11.7 Å². The molecule has 8 heteroatoms. The number of nitrogens with zero attached hydrogens (tertiary/aromatic N) is 1. The molecule has 0 aromatic carbocycles. The standard InChI is InChI=1S/C16H21N3O5/c1-2-7-19-14(17)13(15(22)18-16(19)23)11(20)9-24-12(21)8-10-5-3-4-6-10/h3,5,10H,2,4,6-9,17H2,1H3,(H,18,22,23)/t10-/m1/s1. The molecule has 0 bridgehead atoms. The van der Waals surface area contributed by atoms with Crippen molar-refractivity contribution in [1.82, 2.24) is 9.55 Å². The molecule has 1 aromatic rings.